The van der Waals surface area contributed by atoms with Gasteiger partial charge in [-0.1, -0.05) is 33.1 Å². The van der Waals surface area contributed by atoms with Gasteiger partial charge in [0.1, 0.15) is 5.78 Å². The van der Waals surface area contributed by atoms with Crippen molar-refractivity contribution in [3.63, 3.8) is 0 Å². The molecule has 1 fully saturated rings. The molecule has 1 aliphatic heterocycles. The Morgan fingerprint density at radius 1 is 1.27 bits per heavy atom. The van der Waals surface area contributed by atoms with Crippen molar-refractivity contribution >= 4 is 5.78 Å². The molecular formula is C13H25NO. The molecule has 1 heterocycles. The van der Waals surface area contributed by atoms with E-state index in [1.54, 1.807) is 0 Å². The second-order valence-corrected chi connectivity index (χ2v) is 4.56. The van der Waals surface area contributed by atoms with Crippen molar-refractivity contribution in [2.45, 2.75) is 64.8 Å². The zero-order valence-corrected chi connectivity index (χ0v) is 10.3. The summed E-state index contributed by atoms with van der Waals surface area (Å²) in [6, 6.07) is 0.251. The Morgan fingerprint density at radius 3 is 2.73 bits per heavy atom. The molecule has 88 valence electrons. The van der Waals surface area contributed by atoms with E-state index in [0.29, 0.717) is 5.78 Å². The maximum absolute atomic E-state index is 12.0. The van der Waals surface area contributed by atoms with Crippen LogP contribution in [0.1, 0.15) is 58.8 Å². The number of ketones is 1. The zero-order chi connectivity index (χ0) is 11.1. The molecule has 0 bridgehead atoms. The molecule has 1 aliphatic rings. The van der Waals surface area contributed by atoms with Crippen LogP contribution in [0.25, 0.3) is 0 Å². The largest absolute Gasteiger partial charge is 0.298 e. The van der Waals surface area contributed by atoms with E-state index in [4.69, 9.17) is 0 Å². The van der Waals surface area contributed by atoms with E-state index in [2.05, 4.69) is 18.7 Å². The molecule has 15 heavy (non-hydrogen) atoms. The number of rotatable bonds is 6. The third-order valence-corrected chi connectivity index (χ3v) is 3.42. The Hall–Kier alpha value is -0.370. The normalized spacial score (nSPS) is 22.9. The van der Waals surface area contributed by atoms with Crippen molar-refractivity contribution in [2.24, 2.45) is 0 Å². The smallest absolute Gasteiger partial charge is 0.149 e. The first-order valence-corrected chi connectivity index (χ1v) is 6.56. The van der Waals surface area contributed by atoms with Gasteiger partial charge in [-0.15, -0.1) is 0 Å². The van der Waals surface area contributed by atoms with E-state index in [-0.39, 0.29) is 6.04 Å². The maximum atomic E-state index is 12.0. The van der Waals surface area contributed by atoms with Crippen molar-refractivity contribution in [3.8, 4) is 0 Å². The summed E-state index contributed by atoms with van der Waals surface area (Å²) in [7, 11) is 0. The number of unbranched alkanes of at least 4 members (excludes halogenated alkanes) is 2. The van der Waals surface area contributed by atoms with Crippen LogP contribution in [0.3, 0.4) is 0 Å². The molecule has 0 amide bonds. The second-order valence-electron chi connectivity index (χ2n) is 4.56. The van der Waals surface area contributed by atoms with E-state index < -0.39 is 0 Å². The fraction of sp³-hybridized carbons (Fsp3) is 0.923. The third-order valence-electron chi connectivity index (χ3n) is 3.42. The predicted octanol–water partition coefficient (Wildman–Crippen LogP) is 3.01. The van der Waals surface area contributed by atoms with Gasteiger partial charge in [-0.05, 0) is 32.4 Å². The number of nitrogens with zero attached hydrogens (tertiary/aromatic N) is 1. The summed E-state index contributed by atoms with van der Waals surface area (Å²) in [5.41, 5.74) is 0. The molecule has 2 heteroatoms. The Labute approximate surface area is 94.0 Å². The lowest BCUT2D eigenvalue weighted by atomic mass is 9.95. The number of piperidine rings is 1. The van der Waals surface area contributed by atoms with Gasteiger partial charge in [-0.3, -0.25) is 9.69 Å². The summed E-state index contributed by atoms with van der Waals surface area (Å²) in [5.74, 6) is 0.491. The fourth-order valence-corrected chi connectivity index (χ4v) is 2.45. The number of carbonyl (C=O) groups is 1. The van der Waals surface area contributed by atoms with Crippen LogP contribution in [0.15, 0.2) is 0 Å². The van der Waals surface area contributed by atoms with Crippen LogP contribution in [0.4, 0.5) is 0 Å². The minimum absolute atomic E-state index is 0.251. The molecule has 1 atom stereocenters. The van der Waals surface area contributed by atoms with Gasteiger partial charge in [-0.25, -0.2) is 0 Å². The number of hydrogen-bond acceptors (Lipinski definition) is 2. The first-order valence-electron chi connectivity index (χ1n) is 6.56. The molecule has 1 rings (SSSR count). The van der Waals surface area contributed by atoms with Crippen LogP contribution in [-0.2, 0) is 4.79 Å². The number of Topliss-reactive ketones (excluding diaryl/α,β-unsaturated/α-hetero) is 1. The van der Waals surface area contributed by atoms with E-state index in [1.807, 2.05) is 0 Å². The van der Waals surface area contributed by atoms with Crippen molar-refractivity contribution in [2.75, 3.05) is 13.1 Å². The van der Waals surface area contributed by atoms with Gasteiger partial charge in [0, 0.05) is 6.42 Å². The molecule has 0 radical (unpaired) electrons. The molecule has 2 nitrogen and oxygen atoms in total. The minimum Gasteiger partial charge on any atom is -0.298 e. The topological polar surface area (TPSA) is 20.3 Å². The SMILES string of the molecule is CCCCCC(=O)C1CCCCN1CC. The van der Waals surface area contributed by atoms with E-state index in [0.717, 1.165) is 32.4 Å². The first-order chi connectivity index (χ1) is 7.29. The molecule has 1 unspecified atom stereocenters. The fourth-order valence-electron chi connectivity index (χ4n) is 2.45. The van der Waals surface area contributed by atoms with Gasteiger partial charge >= 0.3 is 0 Å². The van der Waals surface area contributed by atoms with Crippen LogP contribution in [0.5, 0.6) is 0 Å². The number of carbonyl (C=O) groups excluding carboxylic acids is 1. The molecular weight excluding hydrogens is 186 g/mol. The van der Waals surface area contributed by atoms with Crippen LogP contribution >= 0.6 is 0 Å². The molecule has 0 aromatic carbocycles. The summed E-state index contributed by atoms with van der Waals surface area (Å²) in [5, 5.41) is 0. The lowest BCUT2D eigenvalue weighted by Gasteiger charge is -2.33. The van der Waals surface area contributed by atoms with Crippen molar-refractivity contribution < 1.29 is 4.79 Å². The van der Waals surface area contributed by atoms with Gasteiger partial charge < -0.3 is 0 Å². The van der Waals surface area contributed by atoms with Gasteiger partial charge in [-0.2, -0.15) is 0 Å². The Morgan fingerprint density at radius 2 is 2.07 bits per heavy atom. The van der Waals surface area contributed by atoms with Crippen molar-refractivity contribution in [1.29, 1.82) is 0 Å². The predicted molar refractivity (Wildman–Crippen MR) is 64.0 cm³/mol. The van der Waals surface area contributed by atoms with E-state index >= 15 is 0 Å². The van der Waals surface area contributed by atoms with Gasteiger partial charge in [0.05, 0.1) is 6.04 Å². The summed E-state index contributed by atoms with van der Waals surface area (Å²) >= 11 is 0. The Bertz CT molecular complexity index is 191. The lowest BCUT2D eigenvalue weighted by Crippen LogP contribution is -2.44. The van der Waals surface area contributed by atoms with Crippen LogP contribution < -0.4 is 0 Å². The van der Waals surface area contributed by atoms with Crippen LogP contribution in [0, 0.1) is 0 Å². The molecule has 0 aromatic heterocycles. The Balaban J connectivity index is 2.34. The molecule has 1 saturated heterocycles. The van der Waals surface area contributed by atoms with Gasteiger partial charge in [0.25, 0.3) is 0 Å². The monoisotopic (exact) mass is 211 g/mol. The first kappa shape index (κ1) is 12.7. The zero-order valence-electron chi connectivity index (χ0n) is 10.3. The molecule has 0 N–H and O–H groups in total. The van der Waals surface area contributed by atoms with Crippen molar-refractivity contribution in [3.05, 3.63) is 0 Å². The highest BCUT2D eigenvalue weighted by molar-refractivity contribution is 5.84. The number of likely N-dealkylation sites (tertiary alicyclic amines) is 1. The molecule has 0 spiro atoms. The van der Waals surface area contributed by atoms with Crippen LogP contribution in [0.2, 0.25) is 0 Å². The summed E-state index contributed by atoms with van der Waals surface area (Å²) in [4.78, 5) is 14.4. The third kappa shape index (κ3) is 3.94. The number of likely N-dealkylation sites (N-methyl/N-ethyl adjacent to an activating group) is 1. The van der Waals surface area contributed by atoms with E-state index in [9.17, 15) is 4.79 Å². The summed E-state index contributed by atoms with van der Waals surface area (Å²) < 4.78 is 0. The highest BCUT2D eigenvalue weighted by atomic mass is 16.1. The Kier molecular flexibility index (Phi) is 5.92. The highest BCUT2D eigenvalue weighted by Crippen LogP contribution is 2.19. The summed E-state index contributed by atoms with van der Waals surface area (Å²) in [6.45, 7) is 6.51. The summed E-state index contributed by atoms with van der Waals surface area (Å²) in [6.07, 6.45) is 7.89. The quantitative estimate of drug-likeness (QED) is 0.629. The van der Waals surface area contributed by atoms with Crippen molar-refractivity contribution in [1.82, 2.24) is 4.90 Å². The number of hydrogen-bond donors (Lipinski definition) is 0. The lowest BCUT2D eigenvalue weighted by molar-refractivity contribution is -0.125. The standard InChI is InChI=1S/C13H25NO/c1-3-5-6-10-13(15)12-9-7-8-11-14(12)4-2/h12H,3-11H2,1-2H3. The molecule has 0 saturated carbocycles. The maximum Gasteiger partial charge on any atom is 0.149 e. The molecule has 0 aromatic rings. The van der Waals surface area contributed by atoms with Gasteiger partial charge in [0.15, 0.2) is 0 Å². The van der Waals surface area contributed by atoms with E-state index in [1.165, 1.54) is 25.7 Å². The average molecular weight is 211 g/mol. The highest BCUT2D eigenvalue weighted by Gasteiger charge is 2.26. The minimum atomic E-state index is 0.251. The second kappa shape index (κ2) is 7.00. The molecule has 0 aliphatic carbocycles. The van der Waals surface area contributed by atoms with Gasteiger partial charge in [0.2, 0.25) is 0 Å². The average Bonchev–Trinajstić information content (AvgIpc) is 2.29. The van der Waals surface area contributed by atoms with Crippen LogP contribution in [-0.4, -0.2) is 29.8 Å².